The zero-order valence-corrected chi connectivity index (χ0v) is 17.6. The largest absolute Gasteiger partial charge is 0.365 e. The molecule has 0 bridgehead atoms. The van der Waals surface area contributed by atoms with Gasteiger partial charge in [-0.25, -0.2) is 9.97 Å². The maximum Gasteiger partial charge on any atom is 0.262 e. The quantitative estimate of drug-likeness (QED) is 0.352. The number of amides is 2. The van der Waals surface area contributed by atoms with Crippen molar-refractivity contribution in [2.75, 3.05) is 11.1 Å². The lowest BCUT2D eigenvalue weighted by Gasteiger charge is -2.11. The molecular weight excluding hydrogens is 414 g/mol. The van der Waals surface area contributed by atoms with E-state index in [1.807, 2.05) is 50.2 Å². The lowest BCUT2D eigenvalue weighted by atomic mass is 10.3. The molecule has 0 saturated heterocycles. The van der Waals surface area contributed by atoms with Crippen molar-refractivity contribution >= 4 is 52.9 Å². The van der Waals surface area contributed by atoms with Crippen molar-refractivity contribution in [1.29, 1.82) is 0 Å². The Kier molecular flexibility index (Phi) is 6.22. The molecule has 10 heteroatoms. The van der Waals surface area contributed by atoms with Crippen LogP contribution >= 0.6 is 35.3 Å². The van der Waals surface area contributed by atoms with Crippen LogP contribution in [0.2, 0.25) is 0 Å². The van der Waals surface area contributed by atoms with Gasteiger partial charge in [0, 0.05) is 17.1 Å². The lowest BCUT2D eigenvalue weighted by molar-refractivity contribution is -0.113. The molecule has 3 aromatic rings. The fourth-order valence-corrected chi connectivity index (χ4v) is 4.52. The van der Waals surface area contributed by atoms with E-state index in [-0.39, 0.29) is 22.4 Å². The molecule has 2 aromatic heterocycles. The van der Waals surface area contributed by atoms with Crippen molar-refractivity contribution in [3.05, 3.63) is 56.6 Å². The summed E-state index contributed by atoms with van der Waals surface area (Å²) < 4.78 is 2.05. The average Bonchev–Trinajstić information content (AvgIpc) is 2.96. The van der Waals surface area contributed by atoms with Crippen LogP contribution in [-0.4, -0.2) is 32.1 Å². The number of nitrogens with one attached hydrogen (secondary N) is 1. The topological polar surface area (TPSA) is 103 Å². The minimum absolute atomic E-state index is 0.0818. The molecule has 0 aliphatic rings. The van der Waals surface area contributed by atoms with Crippen LogP contribution in [0, 0.1) is 17.8 Å². The number of aromatic nitrogens is 3. The molecule has 0 spiro atoms. The monoisotopic (exact) mass is 431 g/mol. The molecular formula is C18H17N5O2S3. The minimum atomic E-state index is -0.647. The van der Waals surface area contributed by atoms with E-state index in [1.54, 1.807) is 4.57 Å². The first-order valence-electron chi connectivity index (χ1n) is 8.21. The molecule has 1 aromatic carbocycles. The molecule has 0 atom stereocenters. The second-order valence-electron chi connectivity index (χ2n) is 5.85. The van der Waals surface area contributed by atoms with Crippen molar-refractivity contribution in [2.24, 2.45) is 5.73 Å². The van der Waals surface area contributed by atoms with E-state index in [4.69, 9.17) is 18.0 Å². The number of hydrogen-bond acceptors (Lipinski definition) is 7. The zero-order valence-electron chi connectivity index (χ0n) is 15.1. The summed E-state index contributed by atoms with van der Waals surface area (Å²) in [6.07, 6.45) is 0. The second kappa shape index (κ2) is 8.63. The molecule has 3 rings (SSSR count). The highest BCUT2D eigenvalue weighted by Gasteiger charge is 2.20. The molecule has 0 aliphatic heterocycles. The highest BCUT2D eigenvalue weighted by Crippen LogP contribution is 2.28. The van der Waals surface area contributed by atoms with E-state index in [0.717, 1.165) is 28.4 Å². The Hall–Kier alpha value is -2.56. The summed E-state index contributed by atoms with van der Waals surface area (Å²) in [5.74, 6) is -0.599. The fraction of sp³-hybridized carbons (Fsp3) is 0.167. The molecule has 7 nitrogen and oxygen atoms in total. The Labute approximate surface area is 175 Å². The Morgan fingerprint density at radius 2 is 1.86 bits per heavy atom. The summed E-state index contributed by atoms with van der Waals surface area (Å²) in [5.41, 5.74) is 7.89. The van der Waals surface area contributed by atoms with Crippen molar-refractivity contribution < 1.29 is 9.59 Å². The molecule has 2 amide bonds. The van der Waals surface area contributed by atoms with Gasteiger partial charge in [0.1, 0.15) is 10.7 Å². The molecule has 0 saturated carbocycles. The number of nitrogens with two attached hydrogens (primary N) is 1. The number of para-hydroxylation sites is 1. The number of thiazole rings is 1. The van der Waals surface area contributed by atoms with E-state index in [1.165, 1.54) is 11.8 Å². The number of thioether (sulfide) groups is 1. The summed E-state index contributed by atoms with van der Waals surface area (Å²) in [4.78, 5) is 33.2. The summed E-state index contributed by atoms with van der Waals surface area (Å²) in [7, 11) is 0. The molecule has 2 heterocycles. The van der Waals surface area contributed by atoms with Crippen LogP contribution in [0.1, 0.15) is 21.1 Å². The summed E-state index contributed by atoms with van der Waals surface area (Å²) in [6, 6.07) is 11.1. The number of anilines is 1. The van der Waals surface area contributed by atoms with Crippen molar-refractivity contribution in [3.8, 4) is 5.69 Å². The summed E-state index contributed by atoms with van der Waals surface area (Å²) >= 11 is 7.66. The number of primary amides is 1. The van der Waals surface area contributed by atoms with E-state index in [9.17, 15) is 9.59 Å². The highest BCUT2D eigenvalue weighted by molar-refractivity contribution is 7.99. The number of carbonyl (C=O) groups excluding carboxylic acids is 2. The van der Waals surface area contributed by atoms with Gasteiger partial charge in [-0.15, -0.1) is 0 Å². The maximum absolute atomic E-state index is 12.5. The van der Waals surface area contributed by atoms with Gasteiger partial charge in [-0.05, 0) is 44.3 Å². The number of hydrogen-bond donors (Lipinski definition) is 2. The van der Waals surface area contributed by atoms with Crippen LogP contribution in [0.5, 0.6) is 0 Å². The third kappa shape index (κ3) is 4.64. The van der Waals surface area contributed by atoms with Gasteiger partial charge in [0.15, 0.2) is 9.11 Å². The van der Waals surface area contributed by atoms with Crippen LogP contribution in [0.25, 0.3) is 5.69 Å². The van der Waals surface area contributed by atoms with Crippen LogP contribution in [0.15, 0.2) is 41.6 Å². The third-order valence-corrected chi connectivity index (χ3v) is 5.84. The minimum Gasteiger partial charge on any atom is -0.365 e. The van der Waals surface area contributed by atoms with Crippen molar-refractivity contribution in [2.45, 2.75) is 19.0 Å². The molecule has 3 N–H and O–H groups in total. The number of nitrogens with zero attached hydrogens (tertiary/aromatic N) is 3. The standard InChI is InChI=1S/C18H17N5O2S3/c1-10-8-11(2)21-17(20-10)27-9-13(24)22-16-14(15(19)25)28-18(26)23(16)12-6-4-3-5-7-12/h3-8H,9H2,1-2H3,(H2,19,25)(H,22,24). The molecule has 0 fully saturated rings. The maximum atomic E-state index is 12.5. The number of carbonyl (C=O) groups is 2. The lowest BCUT2D eigenvalue weighted by Crippen LogP contribution is -2.20. The normalized spacial score (nSPS) is 10.6. The zero-order chi connectivity index (χ0) is 20.3. The Balaban J connectivity index is 1.85. The first kappa shape index (κ1) is 20.2. The van der Waals surface area contributed by atoms with Gasteiger partial charge in [-0.1, -0.05) is 41.3 Å². The van der Waals surface area contributed by atoms with Crippen LogP contribution in [0.4, 0.5) is 5.82 Å². The molecule has 144 valence electrons. The van der Waals surface area contributed by atoms with E-state index >= 15 is 0 Å². The third-order valence-electron chi connectivity index (χ3n) is 3.60. The highest BCUT2D eigenvalue weighted by atomic mass is 32.2. The van der Waals surface area contributed by atoms with Gasteiger partial charge in [-0.2, -0.15) is 0 Å². The predicted molar refractivity (Wildman–Crippen MR) is 114 cm³/mol. The predicted octanol–water partition coefficient (Wildman–Crippen LogP) is 3.50. The van der Waals surface area contributed by atoms with Crippen LogP contribution < -0.4 is 11.1 Å². The average molecular weight is 432 g/mol. The Morgan fingerprint density at radius 1 is 1.21 bits per heavy atom. The van der Waals surface area contributed by atoms with Crippen molar-refractivity contribution in [3.63, 3.8) is 0 Å². The SMILES string of the molecule is Cc1cc(C)nc(SCC(=O)Nc2c(C(N)=O)sc(=S)n2-c2ccccc2)n1. The smallest absolute Gasteiger partial charge is 0.262 e. The van der Waals surface area contributed by atoms with Gasteiger partial charge in [0.05, 0.1) is 5.75 Å². The first-order chi connectivity index (χ1) is 13.3. The number of rotatable bonds is 6. The van der Waals surface area contributed by atoms with Crippen LogP contribution in [0.3, 0.4) is 0 Å². The first-order valence-corrected chi connectivity index (χ1v) is 10.4. The summed E-state index contributed by atoms with van der Waals surface area (Å²) in [6.45, 7) is 3.74. The van der Waals surface area contributed by atoms with Crippen molar-refractivity contribution in [1.82, 2.24) is 14.5 Å². The van der Waals surface area contributed by atoms with Gasteiger partial charge in [-0.3, -0.25) is 14.2 Å². The van der Waals surface area contributed by atoms with Gasteiger partial charge >= 0.3 is 0 Å². The fourth-order valence-electron chi connectivity index (χ4n) is 2.52. The molecule has 0 radical (unpaired) electrons. The Morgan fingerprint density at radius 3 is 2.46 bits per heavy atom. The van der Waals surface area contributed by atoms with Gasteiger partial charge < -0.3 is 11.1 Å². The second-order valence-corrected chi connectivity index (χ2v) is 8.44. The van der Waals surface area contributed by atoms with Gasteiger partial charge in [0.25, 0.3) is 5.91 Å². The Bertz CT molecular complexity index is 1070. The van der Waals surface area contributed by atoms with Gasteiger partial charge in [0.2, 0.25) is 5.91 Å². The van der Waals surface area contributed by atoms with E-state index < -0.39 is 5.91 Å². The summed E-state index contributed by atoms with van der Waals surface area (Å²) in [5, 5.41) is 3.29. The molecule has 0 unspecified atom stereocenters. The van der Waals surface area contributed by atoms with E-state index in [2.05, 4.69) is 15.3 Å². The van der Waals surface area contributed by atoms with Crippen LogP contribution in [-0.2, 0) is 4.79 Å². The molecule has 28 heavy (non-hydrogen) atoms. The molecule has 0 aliphatic carbocycles. The van der Waals surface area contributed by atoms with E-state index in [0.29, 0.717) is 9.11 Å². The number of aryl methyl sites for hydroxylation is 2. The number of benzene rings is 1.